The Kier molecular flexibility index (Phi) is 4.42. The maximum atomic E-state index is 12.1. The van der Waals surface area contributed by atoms with Crippen LogP contribution in [0.4, 0.5) is 5.69 Å². The monoisotopic (exact) mass is 303 g/mol. The zero-order valence-electron chi connectivity index (χ0n) is 11.4. The Morgan fingerprint density at radius 2 is 2.00 bits per heavy atom. The molecule has 1 heterocycles. The number of carbonyl (C=O) groups excluding carboxylic acids is 2. The minimum Gasteiger partial charge on any atom is -0.480 e. The van der Waals surface area contributed by atoms with Crippen molar-refractivity contribution in [3.63, 3.8) is 0 Å². The van der Waals surface area contributed by atoms with Crippen molar-refractivity contribution < 1.29 is 24.2 Å². The normalized spacial score (nSPS) is 13.5. The first-order valence-electron chi connectivity index (χ1n) is 6.19. The molecule has 22 heavy (non-hydrogen) atoms. The van der Waals surface area contributed by atoms with Crippen LogP contribution in [0, 0.1) is 0 Å². The lowest BCUT2D eigenvalue weighted by molar-refractivity contribution is -0.139. The Hall–Kier alpha value is -3.29. The summed E-state index contributed by atoms with van der Waals surface area (Å²) in [5, 5.41) is 16.2. The number of carboxylic acid groups (broad SMARTS) is 1. The maximum Gasteiger partial charge on any atom is 0.341 e. The number of aliphatic carboxylic acids is 1. The summed E-state index contributed by atoms with van der Waals surface area (Å²) in [6.07, 6.45) is 1.09. The third kappa shape index (κ3) is 3.85. The first-order chi connectivity index (χ1) is 10.5. The van der Waals surface area contributed by atoms with Gasteiger partial charge in [-0.05, 0) is 12.1 Å². The van der Waals surface area contributed by atoms with Gasteiger partial charge >= 0.3 is 5.97 Å². The number of benzene rings is 1. The van der Waals surface area contributed by atoms with Crippen molar-refractivity contribution >= 4 is 23.5 Å². The molecule has 0 aliphatic carbocycles. The van der Waals surface area contributed by atoms with Gasteiger partial charge in [-0.15, -0.1) is 0 Å². The van der Waals surface area contributed by atoms with Gasteiger partial charge in [0.1, 0.15) is 17.3 Å². The van der Waals surface area contributed by atoms with Crippen LogP contribution in [0.3, 0.4) is 0 Å². The second-order valence-electron chi connectivity index (χ2n) is 4.28. The van der Waals surface area contributed by atoms with Crippen LogP contribution in [-0.2, 0) is 14.4 Å². The van der Waals surface area contributed by atoms with E-state index in [0.717, 1.165) is 6.08 Å². The van der Waals surface area contributed by atoms with Gasteiger partial charge in [-0.3, -0.25) is 9.59 Å². The van der Waals surface area contributed by atoms with E-state index in [9.17, 15) is 14.4 Å². The number of para-hydroxylation sites is 2. The zero-order chi connectivity index (χ0) is 16.1. The second kappa shape index (κ2) is 6.44. The predicted octanol–water partition coefficient (Wildman–Crippen LogP) is 0.163. The number of nitrogens with one attached hydrogen (secondary N) is 3. The van der Waals surface area contributed by atoms with Crippen molar-refractivity contribution in [2.45, 2.75) is 0 Å². The van der Waals surface area contributed by atoms with Gasteiger partial charge in [0.05, 0.1) is 5.69 Å². The summed E-state index contributed by atoms with van der Waals surface area (Å²) in [5.41, 5.74) is 0.301. The van der Waals surface area contributed by atoms with Crippen LogP contribution in [0.2, 0.25) is 0 Å². The molecule has 1 aliphatic heterocycles. The van der Waals surface area contributed by atoms with Crippen molar-refractivity contribution in [2.24, 2.45) is 0 Å². The van der Waals surface area contributed by atoms with Crippen molar-refractivity contribution in [1.82, 2.24) is 10.6 Å². The number of carbonyl (C=O) groups is 3. The Balaban J connectivity index is 2.13. The zero-order valence-corrected chi connectivity index (χ0v) is 11.4. The molecule has 0 aromatic heterocycles. The third-order valence-electron chi connectivity index (χ3n) is 2.57. The Labute approximate surface area is 125 Å². The van der Waals surface area contributed by atoms with Gasteiger partial charge in [0.25, 0.3) is 11.8 Å². The minimum atomic E-state index is -1.13. The lowest BCUT2D eigenvalue weighted by Gasteiger charge is -2.18. The highest BCUT2D eigenvalue weighted by atomic mass is 16.5. The molecule has 1 aliphatic rings. The molecule has 0 spiro atoms. The highest BCUT2D eigenvalue weighted by Gasteiger charge is 2.19. The number of anilines is 1. The molecule has 0 saturated carbocycles. The fourth-order valence-electron chi connectivity index (χ4n) is 1.69. The van der Waals surface area contributed by atoms with Gasteiger partial charge in [-0.25, -0.2) is 4.79 Å². The highest BCUT2D eigenvalue weighted by molar-refractivity contribution is 6.09. The SMILES string of the molecule is C=C1NC(=O)C=C(C(=O)Nc2ccccc2OCC(=O)O)N1. The van der Waals surface area contributed by atoms with E-state index in [2.05, 4.69) is 22.5 Å². The molecule has 8 nitrogen and oxygen atoms in total. The summed E-state index contributed by atoms with van der Waals surface area (Å²) in [5.74, 6) is -1.79. The molecule has 0 bridgehead atoms. The molecule has 1 aromatic rings. The first kappa shape index (κ1) is 15.1. The van der Waals surface area contributed by atoms with E-state index in [4.69, 9.17) is 9.84 Å². The van der Waals surface area contributed by atoms with Crippen molar-refractivity contribution in [1.29, 1.82) is 0 Å². The van der Waals surface area contributed by atoms with E-state index in [0.29, 0.717) is 0 Å². The van der Waals surface area contributed by atoms with Crippen LogP contribution in [0.1, 0.15) is 0 Å². The topological polar surface area (TPSA) is 117 Å². The van der Waals surface area contributed by atoms with Gasteiger partial charge in [-0.2, -0.15) is 0 Å². The maximum absolute atomic E-state index is 12.1. The number of carboxylic acids is 1. The van der Waals surface area contributed by atoms with Gasteiger partial charge in [0.15, 0.2) is 6.61 Å². The highest BCUT2D eigenvalue weighted by Crippen LogP contribution is 2.24. The van der Waals surface area contributed by atoms with E-state index >= 15 is 0 Å². The van der Waals surface area contributed by atoms with Gasteiger partial charge < -0.3 is 25.8 Å². The molecule has 2 amide bonds. The van der Waals surface area contributed by atoms with Gasteiger partial charge in [-0.1, -0.05) is 18.7 Å². The molecule has 0 fully saturated rings. The first-order valence-corrected chi connectivity index (χ1v) is 6.19. The molecule has 114 valence electrons. The summed E-state index contributed by atoms with van der Waals surface area (Å²) in [6, 6.07) is 6.36. The molecule has 0 atom stereocenters. The van der Waals surface area contributed by atoms with Crippen LogP contribution in [-0.4, -0.2) is 29.5 Å². The molecular weight excluding hydrogens is 290 g/mol. The summed E-state index contributed by atoms with van der Waals surface area (Å²) < 4.78 is 5.08. The number of rotatable bonds is 5. The number of hydrogen-bond donors (Lipinski definition) is 4. The summed E-state index contributed by atoms with van der Waals surface area (Å²) in [7, 11) is 0. The average Bonchev–Trinajstić information content (AvgIpc) is 2.45. The van der Waals surface area contributed by atoms with E-state index in [-0.39, 0.29) is 23.0 Å². The summed E-state index contributed by atoms with van der Waals surface area (Å²) in [4.78, 5) is 34.0. The fraction of sp³-hybridized carbons (Fsp3) is 0.0714. The Morgan fingerprint density at radius 3 is 2.68 bits per heavy atom. The van der Waals surface area contributed by atoms with Crippen molar-refractivity contribution in [3.8, 4) is 5.75 Å². The van der Waals surface area contributed by atoms with Gasteiger partial charge in [0.2, 0.25) is 0 Å². The van der Waals surface area contributed by atoms with Gasteiger partial charge in [0, 0.05) is 6.08 Å². The fourth-order valence-corrected chi connectivity index (χ4v) is 1.69. The second-order valence-corrected chi connectivity index (χ2v) is 4.28. The molecule has 1 aromatic carbocycles. The van der Waals surface area contributed by atoms with E-state index in [1.165, 1.54) is 6.07 Å². The van der Waals surface area contributed by atoms with Crippen LogP contribution in [0.15, 0.2) is 48.4 Å². The van der Waals surface area contributed by atoms with E-state index in [1.54, 1.807) is 18.2 Å². The standard InChI is InChI=1S/C14H13N3O5/c1-8-15-10(6-12(18)16-8)14(21)17-9-4-2-3-5-11(9)22-7-13(19)20/h2-6,15H,1,7H2,(H,16,18)(H,17,21)(H,19,20). The molecule has 0 radical (unpaired) electrons. The van der Waals surface area contributed by atoms with Crippen LogP contribution in [0.5, 0.6) is 5.75 Å². The number of amides is 2. The summed E-state index contributed by atoms with van der Waals surface area (Å²) >= 11 is 0. The van der Waals surface area contributed by atoms with Crippen LogP contribution >= 0.6 is 0 Å². The molecule has 8 heteroatoms. The molecule has 0 saturated heterocycles. The lowest BCUT2D eigenvalue weighted by atomic mass is 10.2. The van der Waals surface area contributed by atoms with Crippen LogP contribution in [0.25, 0.3) is 0 Å². The largest absolute Gasteiger partial charge is 0.480 e. The number of ether oxygens (including phenoxy) is 1. The van der Waals surface area contributed by atoms with Crippen molar-refractivity contribution in [3.05, 3.63) is 48.4 Å². The lowest BCUT2D eigenvalue weighted by Crippen LogP contribution is -2.39. The Morgan fingerprint density at radius 1 is 1.27 bits per heavy atom. The van der Waals surface area contributed by atoms with Crippen molar-refractivity contribution in [2.75, 3.05) is 11.9 Å². The average molecular weight is 303 g/mol. The minimum absolute atomic E-state index is 0.0155. The summed E-state index contributed by atoms with van der Waals surface area (Å²) in [6.45, 7) is 2.98. The smallest absolute Gasteiger partial charge is 0.341 e. The molecular formula is C14H13N3O5. The molecule has 4 N–H and O–H groups in total. The predicted molar refractivity (Wildman–Crippen MR) is 76.7 cm³/mol. The van der Waals surface area contributed by atoms with E-state index < -0.39 is 24.4 Å². The number of hydrogen-bond acceptors (Lipinski definition) is 5. The third-order valence-corrected chi connectivity index (χ3v) is 2.57. The molecule has 2 rings (SSSR count). The van der Waals surface area contributed by atoms with Crippen LogP contribution < -0.4 is 20.7 Å². The quantitative estimate of drug-likeness (QED) is 0.616. The van der Waals surface area contributed by atoms with E-state index in [1.807, 2.05) is 0 Å². The molecule has 0 unspecified atom stereocenters. The Bertz CT molecular complexity index is 681.